The summed E-state index contributed by atoms with van der Waals surface area (Å²) in [5.41, 5.74) is 2.67. The maximum Gasteiger partial charge on any atom is 0.315 e. The molecular weight excluding hydrogens is 334 g/mol. The molecule has 0 spiro atoms. The van der Waals surface area contributed by atoms with Crippen LogP contribution in [0.3, 0.4) is 0 Å². The minimum Gasteiger partial charge on any atom is -0.338 e. The van der Waals surface area contributed by atoms with Crippen molar-refractivity contribution in [2.45, 2.75) is 56.0 Å². The van der Waals surface area contributed by atoms with Gasteiger partial charge in [-0.05, 0) is 30.4 Å². The number of thioether (sulfide) groups is 1. The number of carbonyl (C=O) groups is 2. The molecule has 3 aliphatic rings. The largest absolute Gasteiger partial charge is 0.338 e. The Morgan fingerprint density at radius 3 is 2.92 bits per heavy atom. The highest BCUT2D eigenvalue weighted by Gasteiger charge is 2.42. The summed E-state index contributed by atoms with van der Waals surface area (Å²) in [4.78, 5) is 25.9. The van der Waals surface area contributed by atoms with Crippen molar-refractivity contribution in [1.29, 1.82) is 0 Å². The molecule has 3 atom stereocenters. The molecule has 2 saturated heterocycles. The second-order valence-electron chi connectivity index (χ2n) is 7.20. The van der Waals surface area contributed by atoms with Crippen LogP contribution in [0.1, 0.15) is 36.8 Å². The molecule has 2 fully saturated rings. The second kappa shape index (κ2) is 7.28. The van der Waals surface area contributed by atoms with Gasteiger partial charge < -0.3 is 15.5 Å². The summed E-state index contributed by atoms with van der Waals surface area (Å²) >= 11 is 1.94. The van der Waals surface area contributed by atoms with Gasteiger partial charge in [-0.15, -0.1) is 0 Å². The first kappa shape index (κ1) is 16.8. The third kappa shape index (κ3) is 3.64. The highest BCUT2D eigenvalue weighted by molar-refractivity contribution is 8.00. The Labute approximate surface area is 152 Å². The van der Waals surface area contributed by atoms with Gasteiger partial charge in [0.05, 0.1) is 12.1 Å². The standard InChI is InChI=1S/C19H25N3O2S/c23-17(22-10-9-13-5-1-2-6-14(13)11-22)8-4-3-7-16-18-15(12-25-16)20-19(24)21-18/h1-2,5-6,15-16,18H,3-4,7-12H2,(H2,20,21,24)/t15-,16+,18-/m1/s1. The van der Waals surface area contributed by atoms with E-state index in [0.29, 0.717) is 11.7 Å². The van der Waals surface area contributed by atoms with E-state index in [1.807, 2.05) is 16.7 Å². The smallest absolute Gasteiger partial charge is 0.315 e. The number of unbranched alkanes of at least 4 members (excludes halogenated alkanes) is 1. The summed E-state index contributed by atoms with van der Waals surface area (Å²) in [6.07, 6.45) is 4.66. The van der Waals surface area contributed by atoms with Crippen molar-refractivity contribution in [3.05, 3.63) is 35.4 Å². The van der Waals surface area contributed by atoms with Crippen molar-refractivity contribution in [1.82, 2.24) is 15.5 Å². The van der Waals surface area contributed by atoms with Crippen LogP contribution in [-0.4, -0.2) is 46.5 Å². The molecule has 0 radical (unpaired) electrons. The van der Waals surface area contributed by atoms with Crippen LogP contribution in [0, 0.1) is 0 Å². The number of benzene rings is 1. The van der Waals surface area contributed by atoms with Gasteiger partial charge in [-0.3, -0.25) is 4.79 Å². The second-order valence-corrected chi connectivity index (χ2v) is 8.47. The van der Waals surface area contributed by atoms with E-state index in [9.17, 15) is 9.59 Å². The Hall–Kier alpha value is -1.69. The van der Waals surface area contributed by atoms with Crippen LogP contribution in [0.5, 0.6) is 0 Å². The van der Waals surface area contributed by atoms with Crippen molar-refractivity contribution in [3.63, 3.8) is 0 Å². The Bertz CT molecular complexity index is 666. The molecule has 0 aromatic heterocycles. The third-order valence-electron chi connectivity index (χ3n) is 5.55. The van der Waals surface area contributed by atoms with Gasteiger partial charge in [-0.2, -0.15) is 11.8 Å². The lowest BCUT2D eigenvalue weighted by molar-refractivity contribution is -0.132. The van der Waals surface area contributed by atoms with Crippen molar-refractivity contribution in [3.8, 4) is 0 Å². The van der Waals surface area contributed by atoms with Crippen LogP contribution in [-0.2, 0) is 17.8 Å². The molecular formula is C19H25N3O2S. The average molecular weight is 359 g/mol. The molecule has 3 aliphatic heterocycles. The van der Waals surface area contributed by atoms with Gasteiger partial charge in [0.2, 0.25) is 5.91 Å². The summed E-state index contributed by atoms with van der Waals surface area (Å²) in [7, 11) is 0. The van der Waals surface area contributed by atoms with Crippen molar-refractivity contribution in [2.24, 2.45) is 0 Å². The Morgan fingerprint density at radius 1 is 1.20 bits per heavy atom. The first-order valence-electron chi connectivity index (χ1n) is 9.24. The van der Waals surface area contributed by atoms with E-state index in [-0.39, 0.29) is 24.0 Å². The number of rotatable bonds is 5. The van der Waals surface area contributed by atoms with Gasteiger partial charge in [0.1, 0.15) is 0 Å². The van der Waals surface area contributed by atoms with Crippen molar-refractivity contribution >= 4 is 23.7 Å². The highest BCUT2D eigenvalue weighted by Crippen LogP contribution is 2.33. The van der Waals surface area contributed by atoms with Gasteiger partial charge in [0.25, 0.3) is 0 Å². The van der Waals surface area contributed by atoms with Gasteiger partial charge >= 0.3 is 6.03 Å². The summed E-state index contributed by atoms with van der Waals surface area (Å²) < 4.78 is 0. The Kier molecular flexibility index (Phi) is 4.88. The number of fused-ring (bicyclic) bond motifs is 2. The normalized spacial score (nSPS) is 27.4. The summed E-state index contributed by atoms with van der Waals surface area (Å²) in [5, 5.41) is 6.49. The number of carbonyl (C=O) groups excluding carboxylic acids is 2. The van der Waals surface area contributed by atoms with Gasteiger partial charge in [0.15, 0.2) is 0 Å². The lowest BCUT2D eigenvalue weighted by Gasteiger charge is -2.29. The zero-order valence-corrected chi connectivity index (χ0v) is 15.2. The number of hydrogen-bond donors (Lipinski definition) is 2. The first-order chi connectivity index (χ1) is 12.2. The predicted molar refractivity (Wildman–Crippen MR) is 99.5 cm³/mol. The molecule has 3 amide bonds. The monoisotopic (exact) mass is 359 g/mol. The maximum absolute atomic E-state index is 12.5. The molecule has 0 bridgehead atoms. The fourth-order valence-corrected chi connectivity index (χ4v) is 5.68. The summed E-state index contributed by atoms with van der Waals surface area (Å²) in [6.45, 7) is 1.60. The molecule has 25 heavy (non-hydrogen) atoms. The third-order valence-corrected chi connectivity index (χ3v) is 7.06. The molecule has 1 aromatic carbocycles. The van der Waals surface area contributed by atoms with Gasteiger partial charge in [0, 0.05) is 30.5 Å². The lowest BCUT2D eigenvalue weighted by Crippen LogP contribution is -2.37. The molecule has 2 N–H and O–H groups in total. The highest BCUT2D eigenvalue weighted by atomic mass is 32.2. The van der Waals surface area contributed by atoms with E-state index in [0.717, 1.165) is 44.5 Å². The molecule has 0 aliphatic carbocycles. The maximum atomic E-state index is 12.5. The molecule has 0 unspecified atom stereocenters. The number of hydrogen-bond acceptors (Lipinski definition) is 3. The van der Waals surface area contributed by atoms with Crippen LogP contribution >= 0.6 is 11.8 Å². The summed E-state index contributed by atoms with van der Waals surface area (Å²) in [5.74, 6) is 1.28. The molecule has 5 nitrogen and oxygen atoms in total. The SMILES string of the molecule is O=C1N[C@H]2[C@H](CCCCC(=O)N3CCc4ccccc4C3)SC[C@H]2N1. The minimum atomic E-state index is -0.0270. The zero-order chi connectivity index (χ0) is 17.2. The molecule has 0 saturated carbocycles. The summed E-state index contributed by atoms with van der Waals surface area (Å²) in [6, 6.07) is 8.96. The average Bonchev–Trinajstić information content (AvgIpc) is 3.17. The number of amides is 3. The van der Waals surface area contributed by atoms with Crippen molar-refractivity contribution in [2.75, 3.05) is 12.3 Å². The quantitative estimate of drug-likeness (QED) is 0.626. The van der Waals surface area contributed by atoms with E-state index in [1.165, 1.54) is 11.1 Å². The van der Waals surface area contributed by atoms with Crippen molar-refractivity contribution < 1.29 is 9.59 Å². The van der Waals surface area contributed by atoms with Crippen LogP contribution in [0.15, 0.2) is 24.3 Å². The van der Waals surface area contributed by atoms with E-state index < -0.39 is 0 Å². The Morgan fingerprint density at radius 2 is 2.04 bits per heavy atom. The van der Waals surface area contributed by atoms with E-state index in [4.69, 9.17) is 0 Å². The van der Waals surface area contributed by atoms with Gasteiger partial charge in [-0.25, -0.2) is 4.79 Å². The molecule has 3 heterocycles. The van der Waals surface area contributed by atoms with E-state index >= 15 is 0 Å². The molecule has 4 rings (SSSR count). The number of nitrogens with one attached hydrogen (secondary N) is 2. The van der Waals surface area contributed by atoms with Gasteiger partial charge in [-0.1, -0.05) is 30.7 Å². The van der Waals surface area contributed by atoms with Crippen LogP contribution in [0.25, 0.3) is 0 Å². The fraction of sp³-hybridized carbons (Fsp3) is 0.579. The molecule has 1 aromatic rings. The van der Waals surface area contributed by atoms with E-state index in [1.54, 1.807) is 0 Å². The number of nitrogens with zero attached hydrogens (tertiary/aromatic N) is 1. The molecule has 134 valence electrons. The van der Waals surface area contributed by atoms with Crippen LogP contribution in [0.4, 0.5) is 4.79 Å². The first-order valence-corrected chi connectivity index (χ1v) is 10.3. The zero-order valence-electron chi connectivity index (χ0n) is 14.4. The lowest BCUT2D eigenvalue weighted by atomic mass is 9.99. The Balaban J connectivity index is 1.19. The van der Waals surface area contributed by atoms with E-state index in [2.05, 4.69) is 34.9 Å². The topological polar surface area (TPSA) is 61.4 Å². The predicted octanol–water partition coefficient (Wildman–Crippen LogP) is 2.30. The number of urea groups is 1. The fourth-order valence-electron chi connectivity index (χ4n) is 4.13. The van der Waals surface area contributed by atoms with Crippen LogP contribution in [0.2, 0.25) is 0 Å². The minimum absolute atomic E-state index is 0.0270. The molecule has 6 heteroatoms. The van der Waals surface area contributed by atoms with Crippen LogP contribution < -0.4 is 10.6 Å².